The Labute approximate surface area is 81.8 Å². The highest BCUT2D eigenvalue weighted by molar-refractivity contribution is 5.62. The van der Waals surface area contributed by atoms with Gasteiger partial charge in [0.05, 0.1) is 10.5 Å². The Morgan fingerprint density at radius 1 is 1.40 bits per heavy atom. The molecule has 0 amide bonds. The second-order valence-electron chi connectivity index (χ2n) is 2.63. The molecule has 0 aromatic heterocycles. The van der Waals surface area contributed by atoms with Crippen LogP contribution in [-0.4, -0.2) is 4.92 Å². The van der Waals surface area contributed by atoms with E-state index in [4.69, 9.17) is 5.84 Å². The second kappa shape index (κ2) is 3.73. The van der Waals surface area contributed by atoms with Crippen LogP contribution < -0.4 is 11.3 Å². The molecule has 0 saturated heterocycles. The zero-order chi connectivity index (χ0) is 11.6. The lowest BCUT2D eigenvalue weighted by Gasteiger charge is -2.08. The maximum Gasteiger partial charge on any atom is 0.416 e. The predicted molar refractivity (Wildman–Crippen MR) is 45.9 cm³/mol. The van der Waals surface area contributed by atoms with Gasteiger partial charge in [-0.15, -0.1) is 0 Å². The maximum absolute atomic E-state index is 12.2. The van der Waals surface area contributed by atoms with Crippen molar-refractivity contribution in [3.63, 3.8) is 0 Å². The number of rotatable bonds is 2. The Hall–Kier alpha value is -1.83. The normalized spacial score (nSPS) is 11.2. The van der Waals surface area contributed by atoms with Crippen LogP contribution in [0.4, 0.5) is 24.5 Å². The lowest BCUT2D eigenvalue weighted by Crippen LogP contribution is -2.12. The van der Waals surface area contributed by atoms with Crippen LogP contribution in [0.2, 0.25) is 0 Å². The van der Waals surface area contributed by atoms with Crippen molar-refractivity contribution in [2.75, 3.05) is 5.43 Å². The van der Waals surface area contributed by atoms with Crippen molar-refractivity contribution in [2.24, 2.45) is 5.84 Å². The first-order valence-electron chi connectivity index (χ1n) is 3.68. The number of benzene rings is 1. The van der Waals surface area contributed by atoms with Crippen LogP contribution in [0.25, 0.3) is 0 Å². The van der Waals surface area contributed by atoms with Crippen LogP contribution >= 0.6 is 0 Å². The number of hydrogen-bond acceptors (Lipinski definition) is 4. The summed E-state index contributed by atoms with van der Waals surface area (Å²) < 4.78 is 36.6. The van der Waals surface area contributed by atoms with Gasteiger partial charge in [-0.05, 0) is 12.1 Å². The summed E-state index contributed by atoms with van der Waals surface area (Å²) in [4.78, 5) is 9.55. The van der Waals surface area contributed by atoms with Gasteiger partial charge in [-0.1, -0.05) is 0 Å². The van der Waals surface area contributed by atoms with Crippen molar-refractivity contribution in [1.82, 2.24) is 0 Å². The number of halogens is 3. The minimum Gasteiger partial charge on any atom is -0.318 e. The largest absolute Gasteiger partial charge is 0.416 e. The number of nitrogens with two attached hydrogens (primary N) is 1. The van der Waals surface area contributed by atoms with Crippen molar-refractivity contribution < 1.29 is 18.1 Å². The molecule has 0 unspecified atom stereocenters. The molecule has 82 valence electrons. The number of nitrogens with zero attached hydrogens (tertiary/aromatic N) is 1. The minimum atomic E-state index is -4.55. The molecule has 0 spiro atoms. The summed E-state index contributed by atoms with van der Waals surface area (Å²) in [5.41, 5.74) is -0.0399. The third-order valence-corrected chi connectivity index (χ3v) is 1.68. The molecule has 0 atom stereocenters. The topological polar surface area (TPSA) is 81.2 Å². The van der Waals surface area contributed by atoms with Crippen molar-refractivity contribution in [1.29, 1.82) is 0 Å². The van der Waals surface area contributed by atoms with Gasteiger partial charge >= 0.3 is 6.18 Å². The molecule has 0 aliphatic carbocycles. The molecule has 0 radical (unpaired) electrons. The number of alkyl halides is 3. The molecular weight excluding hydrogens is 215 g/mol. The number of anilines is 1. The van der Waals surface area contributed by atoms with Crippen LogP contribution in [0.3, 0.4) is 0 Å². The van der Waals surface area contributed by atoms with Crippen molar-refractivity contribution >= 4 is 11.4 Å². The van der Waals surface area contributed by atoms with Gasteiger partial charge in [0.25, 0.3) is 5.69 Å². The number of hydrogen-bond donors (Lipinski definition) is 2. The molecule has 1 rings (SSSR count). The Morgan fingerprint density at radius 2 is 2.00 bits per heavy atom. The molecule has 1 aromatic carbocycles. The van der Waals surface area contributed by atoms with Gasteiger partial charge in [-0.3, -0.25) is 16.0 Å². The molecule has 5 nitrogen and oxygen atoms in total. The van der Waals surface area contributed by atoms with E-state index in [9.17, 15) is 23.3 Å². The van der Waals surface area contributed by atoms with Crippen LogP contribution in [-0.2, 0) is 6.18 Å². The Kier molecular flexibility index (Phi) is 2.80. The average molecular weight is 221 g/mol. The summed E-state index contributed by atoms with van der Waals surface area (Å²) in [6, 6.07) is 1.95. The first-order valence-corrected chi connectivity index (χ1v) is 3.68. The van der Waals surface area contributed by atoms with Gasteiger partial charge in [0, 0.05) is 6.07 Å². The minimum absolute atomic E-state index is 0.380. The van der Waals surface area contributed by atoms with Crippen LogP contribution in [0, 0.1) is 10.1 Å². The highest BCUT2D eigenvalue weighted by atomic mass is 19.4. The summed E-state index contributed by atoms with van der Waals surface area (Å²) in [5, 5.41) is 10.4. The van der Waals surface area contributed by atoms with Gasteiger partial charge in [0.2, 0.25) is 0 Å². The molecule has 1 aromatic rings. The number of nitrogen functional groups attached to an aromatic ring is 1. The zero-order valence-electron chi connectivity index (χ0n) is 7.21. The molecular formula is C7H6F3N3O2. The standard InChI is InChI=1S/C7H6F3N3O2/c8-7(9,10)4-1-2-6(13(14)15)5(3-4)12-11/h1-3,12H,11H2. The van der Waals surface area contributed by atoms with Crippen molar-refractivity contribution in [3.8, 4) is 0 Å². The number of nitro benzene ring substituents is 1. The third-order valence-electron chi connectivity index (χ3n) is 1.68. The molecule has 3 N–H and O–H groups in total. The fraction of sp³-hybridized carbons (Fsp3) is 0.143. The van der Waals surface area contributed by atoms with E-state index in [1.54, 1.807) is 0 Å². The highest BCUT2D eigenvalue weighted by Crippen LogP contribution is 2.34. The van der Waals surface area contributed by atoms with Crippen LogP contribution in [0.1, 0.15) is 5.56 Å². The summed E-state index contributed by atoms with van der Waals surface area (Å²) in [6.45, 7) is 0. The monoisotopic (exact) mass is 221 g/mol. The van der Waals surface area contributed by atoms with E-state index in [-0.39, 0.29) is 5.69 Å². The quantitative estimate of drug-likeness (QED) is 0.454. The second-order valence-corrected chi connectivity index (χ2v) is 2.63. The summed E-state index contributed by atoms with van der Waals surface area (Å²) >= 11 is 0. The van der Waals surface area contributed by atoms with E-state index in [2.05, 4.69) is 0 Å². The average Bonchev–Trinajstić information content (AvgIpc) is 2.15. The van der Waals surface area contributed by atoms with E-state index >= 15 is 0 Å². The van der Waals surface area contributed by atoms with E-state index in [1.165, 1.54) is 0 Å². The smallest absolute Gasteiger partial charge is 0.318 e. The Balaban J connectivity index is 3.25. The molecule has 0 fully saturated rings. The van der Waals surface area contributed by atoms with Gasteiger partial charge in [0.15, 0.2) is 0 Å². The summed E-state index contributed by atoms with van der Waals surface area (Å²) in [6.07, 6.45) is -4.55. The van der Waals surface area contributed by atoms with Crippen molar-refractivity contribution in [2.45, 2.75) is 6.18 Å². The van der Waals surface area contributed by atoms with Gasteiger partial charge in [-0.25, -0.2) is 0 Å². The molecule has 0 bridgehead atoms. The zero-order valence-corrected chi connectivity index (χ0v) is 7.21. The van der Waals surface area contributed by atoms with E-state index in [1.807, 2.05) is 5.43 Å². The number of nitro groups is 1. The predicted octanol–water partition coefficient (Wildman–Crippen LogP) is 1.90. The molecule has 0 aliphatic rings. The maximum atomic E-state index is 12.2. The molecule has 15 heavy (non-hydrogen) atoms. The van der Waals surface area contributed by atoms with Crippen LogP contribution in [0.15, 0.2) is 18.2 Å². The number of hydrazine groups is 1. The molecule has 0 heterocycles. The number of nitrogens with one attached hydrogen (secondary N) is 1. The first kappa shape index (κ1) is 11.2. The fourth-order valence-electron chi connectivity index (χ4n) is 0.987. The molecule has 8 heteroatoms. The summed E-state index contributed by atoms with van der Waals surface area (Å²) in [7, 11) is 0. The Bertz CT molecular complexity index is 392. The molecule has 0 aliphatic heterocycles. The lowest BCUT2D eigenvalue weighted by molar-refractivity contribution is -0.384. The van der Waals surface area contributed by atoms with Crippen LogP contribution in [0.5, 0.6) is 0 Å². The van der Waals surface area contributed by atoms with Gasteiger partial charge in [-0.2, -0.15) is 13.2 Å². The van der Waals surface area contributed by atoms with E-state index < -0.39 is 22.4 Å². The molecule has 0 saturated carbocycles. The first-order chi connectivity index (χ1) is 6.86. The third kappa shape index (κ3) is 2.34. The Morgan fingerprint density at radius 3 is 2.40 bits per heavy atom. The summed E-state index contributed by atoms with van der Waals surface area (Å²) in [5.74, 6) is 4.88. The lowest BCUT2D eigenvalue weighted by atomic mass is 10.1. The van der Waals surface area contributed by atoms with Gasteiger partial charge < -0.3 is 5.43 Å². The van der Waals surface area contributed by atoms with E-state index in [0.29, 0.717) is 12.1 Å². The SMILES string of the molecule is NNc1cc(C(F)(F)F)ccc1[N+](=O)[O-]. The van der Waals surface area contributed by atoms with E-state index in [0.717, 1.165) is 6.07 Å². The van der Waals surface area contributed by atoms with Crippen molar-refractivity contribution in [3.05, 3.63) is 33.9 Å². The van der Waals surface area contributed by atoms with Gasteiger partial charge in [0.1, 0.15) is 5.69 Å². The fourth-order valence-corrected chi connectivity index (χ4v) is 0.987. The highest BCUT2D eigenvalue weighted by Gasteiger charge is 2.32.